The van der Waals surface area contributed by atoms with Gasteiger partial charge in [-0.05, 0) is 74.1 Å². The van der Waals surface area contributed by atoms with Crippen molar-refractivity contribution in [3.63, 3.8) is 0 Å². The molecule has 0 atom stereocenters. The number of anilines is 1. The van der Waals surface area contributed by atoms with Gasteiger partial charge in [0.15, 0.2) is 0 Å². The summed E-state index contributed by atoms with van der Waals surface area (Å²) >= 11 is 1.46. The second-order valence-corrected chi connectivity index (χ2v) is 8.40. The molecule has 2 heterocycles. The first-order valence-electron chi connectivity index (χ1n) is 9.83. The normalized spacial score (nSPS) is 13.2. The van der Waals surface area contributed by atoms with Gasteiger partial charge in [-0.2, -0.15) is 10.5 Å². The van der Waals surface area contributed by atoms with Crippen molar-refractivity contribution in [1.29, 1.82) is 10.5 Å². The minimum atomic E-state index is -0.496. The molecular weight excluding hydrogens is 392 g/mol. The average Bonchev–Trinajstić information content (AvgIpc) is 3.35. The van der Waals surface area contributed by atoms with Gasteiger partial charge in [0.1, 0.15) is 22.7 Å². The molecule has 0 saturated heterocycles. The van der Waals surface area contributed by atoms with E-state index in [4.69, 9.17) is 0 Å². The number of fused-ring (bicyclic) bond motifs is 1. The highest BCUT2D eigenvalue weighted by atomic mass is 32.1. The van der Waals surface area contributed by atoms with Gasteiger partial charge in [0.25, 0.3) is 5.91 Å². The number of aryl methyl sites for hydroxylation is 2. The van der Waals surface area contributed by atoms with E-state index < -0.39 is 5.91 Å². The Balaban J connectivity index is 1.63. The molecule has 5 nitrogen and oxygen atoms in total. The first-order chi connectivity index (χ1) is 14.6. The number of nitrogens with one attached hydrogen (secondary N) is 1. The molecule has 1 aromatic carbocycles. The maximum absolute atomic E-state index is 12.8. The number of nitrogens with zero attached hydrogens (tertiary/aromatic N) is 3. The van der Waals surface area contributed by atoms with Crippen LogP contribution in [-0.4, -0.2) is 10.5 Å². The summed E-state index contributed by atoms with van der Waals surface area (Å²) in [6, 6.07) is 16.0. The highest BCUT2D eigenvalue weighted by Gasteiger charge is 2.22. The molecule has 0 unspecified atom stereocenters. The van der Waals surface area contributed by atoms with Crippen LogP contribution in [0.1, 0.15) is 40.1 Å². The lowest BCUT2D eigenvalue weighted by Crippen LogP contribution is -2.13. The van der Waals surface area contributed by atoms with Gasteiger partial charge in [0.05, 0.1) is 5.56 Å². The maximum Gasteiger partial charge on any atom is 0.267 e. The molecule has 2 aromatic heterocycles. The van der Waals surface area contributed by atoms with E-state index in [0.29, 0.717) is 10.6 Å². The number of nitriles is 2. The molecule has 1 amide bonds. The molecule has 0 radical (unpaired) electrons. The number of rotatable bonds is 4. The molecule has 1 N–H and O–H groups in total. The second-order valence-electron chi connectivity index (χ2n) is 7.29. The van der Waals surface area contributed by atoms with E-state index in [9.17, 15) is 15.3 Å². The molecule has 0 fully saturated rings. The Morgan fingerprint density at radius 2 is 2.03 bits per heavy atom. The standard InChI is InChI=1S/C24H20N4OS/c1-16-6-4-7-18(12-16)28-11-5-8-19(28)13-17(14-25)23(29)27-24-21(15-26)20-9-2-3-10-22(20)30-24/h4-8,11-13H,2-3,9-10H2,1H3,(H,27,29)/b17-13+. The van der Waals surface area contributed by atoms with Gasteiger partial charge in [-0.1, -0.05) is 12.1 Å². The van der Waals surface area contributed by atoms with Crippen LogP contribution in [0, 0.1) is 29.6 Å². The number of carbonyl (C=O) groups excluding carboxylic acids is 1. The van der Waals surface area contributed by atoms with Gasteiger partial charge in [0.2, 0.25) is 0 Å². The molecule has 4 rings (SSSR count). The quantitative estimate of drug-likeness (QED) is 0.476. The number of carbonyl (C=O) groups is 1. The zero-order chi connectivity index (χ0) is 21.1. The SMILES string of the molecule is Cc1cccc(-n2cccc2/C=C(\C#N)C(=O)Nc2sc3c(c2C#N)CCCC3)c1. The zero-order valence-electron chi connectivity index (χ0n) is 16.6. The van der Waals surface area contributed by atoms with E-state index in [1.54, 1.807) is 6.08 Å². The van der Waals surface area contributed by atoms with Gasteiger partial charge in [-0.3, -0.25) is 4.79 Å². The van der Waals surface area contributed by atoms with E-state index in [1.165, 1.54) is 16.2 Å². The molecule has 0 bridgehead atoms. The van der Waals surface area contributed by atoms with E-state index in [2.05, 4.69) is 11.4 Å². The minimum absolute atomic E-state index is 0.00198. The summed E-state index contributed by atoms with van der Waals surface area (Å²) < 4.78 is 1.93. The van der Waals surface area contributed by atoms with Gasteiger partial charge < -0.3 is 9.88 Å². The fourth-order valence-electron chi connectivity index (χ4n) is 3.76. The van der Waals surface area contributed by atoms with Crippen LogP contribution in [0.2, 0.25) is 0 Å². The third-order valence-corrected chi connectivity index (χ3v) is 6.43. The predicted octanol–water partition coefficient (Wildman–Crippen LogP) is 5.14. The number of benzene rings is 1. The largest absolute Gasteiger partial charge is 0.317 e. The minimum Gasteiger partial charge on any atom is -0.317 e. The van der Waals surface area contributed by atoms with Crippen LogP contribution in [-0.2, 0) is 17.6 Å². The van der Waals surface area contributed by atoms with Crippen LogP contribution in [0.4, 0.5) is 5.00 Å². The van der Waals surface area contributed by atoms with Crippen molar-refractivity contribution in [2.75, 3.05) is 5.32 Å². The number of hydrogen-bond acceptors (Lipinski definition) is 4. The zero-order valence-corrected chi connectivity index (χ0v) is 17.4. The lowest BCUT2D eigenvalue weighted by atomic mass is 9.96. The van der Waals surface area contributed by atoms with Crippen molar-refractivity contribution < 1.29 is 4.79 Å². The Kier molecular flexibility index (Phi) is 5.52. The van der Waals surface area contributed by atoms with Crippen molar-refractivity contribution in [2.24, 2.45) is 0 Å². The molecule has 148 valence electrons. The molecule has 0 spiro atoms. The van der Waals surface area contributed by atoms with Gasteiger partial charge in [0, 0.05) is 22.5 Å². The molecule has 1 aliphatic carbocycles. The van der Waals surface area contributed by atoms with Crippen molar-refractivity contribution in [3.05, 3.63) is 75.4 Å². The monoisotopic (exact) mass is 412 g/mol. The number of aromatic nitrogens is 1. The lowest BCUT2D eigenvalue weighted by Gasteiger charge is -2.09. The van der Waals surface area contributed by atoms with Gasteiger partial charge in [-0.15, -0.1) is 11.3 Å². The molecule has 30 heavy (non-hydrogen) atoms. The predicted molar refractivity (Wildman–Crippen MR) is 118 cm³/mol. The van der Waals surface area contributed by atoms with Crippen molar-refractivity contribution in [3.8, 4) is 17.8 Å². The summed E-state index contributed by atoms with van der Waals surface area (Å²) in [7, 11) is 0. The lowest BCUT2D eigenvalue weighted by molar-refractivity contribution is -0.112. The average molecular weight is 413 g/mol. The fraction of sp³-hybridized carbons (Fsp3) is 0.208. The third kappa shape index (κ3) is 3.78. The molecule has 0 aliphatic heterocycles. The van der Waals surface area contributed by atoms with Crippen molar-refractivity contribution in [1.82, 2.24) is 4.57 Å². The van der Waals surface area contributed by atoms with Crippen LogP contribution in [0.5, 0.6) is 0 Å². The highest BCUT2D eigenvalue weighted by Crippen LogP contribution is 2.37. The first kappa shape index (κ1) is 19.7. The van der Waals surface area contributed by atoms with Crippen molar-refractivity contribution in [2.45, 2.75) is 32.6 Å². The second kappa shape index (κ2) is 8.41. The Morgan fingerprint density at radius 1 is 1.20 bits per heavy atom. The van der Waals surface area contributed by atoms with Crippen LogP contribution < -0.4 is 5.32 Å². The molecule has 3 aromatic rings. The van der Waals surface area contributed by atoms with Crippen molar-refractivity contribution >= 4 is 28.3 Å². The van der Waals surface area contributed by atoms with E-state index in [0.717, 1.165) is 48.2 Å². The fourth-order valence-corrected chi connectivity index (χ4v) is 5.00. The van der Waals surface area contributed by atoms with Crippen LogP contribution >= 0.6 is 11.3 Å². The summed E-state index contributed by atoms with van der Waals surface area (Å²) in [6.45, 7) is 2.02. The summed E-state index contributed by atoms with van der Waals surface area (Å²) in [5.74, 6) is -0.496. The number of amides is 1. The van der Waals surface area contributed by atoms with Crippen LogP contribution in [0.3, 0.4) is 0 Å². The smallest absolute Gasteiger partial charge is 0.267 e. The first-order valence-corrected chi connectivity index (χ1v) is 10.6. The summed E-state index contributed by atoms with van der Waals surface area (Å²) in [6.07, 6.45) is 7.45. The Labute approximate surface area is 179 Å². The highest BCUT2D eigenvalue weighted by molar-refractivity contribution is 7.16. The third-order valence-electron chi connectivity index (χ3n) is 5.23. The van der Waals surface area contributed by atoms with E-state index in [-0.39, 0.29) is 5.57 Å². The van der Waals surface area contributed by atoms with Gasteiger partial charge in [-0.25, -0.2) is 0 Å². The Morgan fingerprint density at radius 3 is 2.80 bits per heavy atom. The number of hydrogen-bond donors (Lipinski definition) is 1. The van der Waals surface area contributed by atoms with Crippen LogP contribution in [0.15, 0.2) is 48.2 Å². The molecular formula is C24H20N4OS. The van der Waals surface area contributed by atoms with Crippen LogP contribution in [0.25, 0.3) is 11.8 Å². The molecule has 6 heteroatoms. The topological polar surface area (TPSA) is 81.6 Å². The molecule has 0 saturated carbocycles. The summed E-state index contributed by atoms with van der Waals surface area (Å²) in [4.78, 5) is 14.0. The Bertz CT molecular complexity index is 1230. The Hall–Kier alpha value is -3.61. The van der Waals surface area contributed by atoms with E-state index in [1.807, 2.05) is 60.2 Å². The van der Waals surface area contributed by atoms with Gasteiger partial charge >= 0.3 is 0 Å². The van der Waals surface area contributed by atoms with E-state index >= 15 is 0 Å². The summed E-state index contributed by atoms with van der Waals surface area (Å²) in [5, 5.41) is 22.6. The number of thiophene rings is 1. The maximum atomic E-state index is 12.8. The molecule has 1 aliphatic rings. The summed E-state index contributed by atoms with van der Waals surface area (Å²) in [5.41, 5.74) is 4.42.